The van der Waals surface area contributed by atoms with Crippen molar-refractivity contribution in [1.82, 2.24) is 0 Å². The summed E-state index contributed by atoms with van der Waals surface area (Å²) >= 11 is 0. The van der Waals surface area contributed by atoms with E-state index in [1.165, 1.54) is 0 Å². The molecule has 2 rings (SSSR count). The summed E-state index contributed by atoms with van der Waals surface area (Å²) in [6, 6.07) is 4.97. The Bertz CT molecular complexity index is 743. The Labute approximate surface area is 135 Å². The van der Waals surface area contributed by atoms with Crippen molar-refractivity contribution in [3.8, 4) is 17.2 Å². The van der Waals surface area contributed by atoms with Crippen LogP contribution in [0.3, 0.4) is 0 Å². The van der Waals surface area contributed by atoms with E-state index in [0.717, 1.165) is 12.8 Å². The fourth-order valence-corrected chi connectivity index (χ4v) is 2.11. The van der Waals surface area contributed by atoms with Gasteiger partial charge in [0.05, 0.1) is 18.1 Å². The molecule has 5 heteroatoms. The van der Waals surface area contributed by atoms with Crippen LogP contribution in [0.4, 0.5) is 0 Å². The van der Waals surface area contributed by atoms with Gasteiger partial charge in [0.25, 0.3) is 0 Å². The van der Waals surface area contributed by atoms with E-state index in [9.17, 15) is 9.90 Å². The first-order chi connectivity index (χ1) is 11.0. The fraction of sp³-hybridized carbons (Fsp3) is 0.389. The standard InChI is InChI=1S/C18H22O5/c1-4-5-6-7-10-21-13-8-9-14-15(11-13)23-18(20)17(16(14)19)22-12(2)3/h5-6,8-9,11-12,19H,4,7,10H2,1-3H3. The molecule has 1 heterocycles. The minimum atomic E-state index is -0.702. The van der Waals surface area contributed by atoms with Gasteiger partial charge in [-0.15, -0.1) is 0 Å². The third-order valence-electron chi connectivity index (χ3n) is 3.12. The molecule has 0 saturated heterocycles. The molecule has 1 N–H and O–H groups in total. The first-order valence-electron chi connectivity index (χ1n) is 7.77. The number of ether oxygens (including phenoxy) is 2. The van der Waals surface area contributed by atoms with Gasteiger partial charge in [-0.25, -0.2) is 4.79 Å². The molecule has 0 bridgehead atoms. The molecule has 0 aliphatic rings. The molecule has 0 aliphatic carbocycles. The molecule has 23 heavy (non-hydrogen) atoms. The maximum atomic E-state index is 11.9. The average molecular weight is 318 g/mol. The van der Waals surface area contributed by atoms with Crippen LogP contribution in [0.1, 0.15) is 33.6 Å². The minimum absolute atomic E-state index is 0.161. The van der Waals surface area contributed by atoms with Gasteiger partial charge < -0.3 is 19.0 Å². The van der Waals surface area contributed by atoms with Crippen molar-refractivity contribution in [2.45, 2.75) is 39.7 Å². The second kappa shape index (κ2) is 7.72. The first kappa shape index (κ1) is 16.9. The van der Waals surface area contributed by atoms with Gasteiger partial charge >= 0.3 is 5.63 Å². The van der Waals surface area contributed by atoms with Crippen LogP contribution in [-0.4, -0.2) is 17.8 Å². The highest BCUT2D eigenvalue weighted by Gasteiger charge is 2.17. The third kappa shape index (κ3) is 4.28. The van der Waals surface area contributed by atoms with E-state index < -0.39 is 5.63 Å². The average Bonchev–Trinajstić information content (AvgIpc) is 2.51. The van der Waals surface area contributed by atoms with Crippen molar-refractivity contribution in [3.05, 3.63) is 40.8 Å². The van der Waals surface area contributed by atoms with Gasteiger partial charge in [0.2, 0.25) is 5.75 Å². The predicted octanol–water partition coefficient (Wildman–Crippen LogP) is 4.02. The summed E-state index contributed by atoms with van der Waals surface area (Å²) < 4.78 is 16.2. The normalized spacial score (nSPS) is 11.5. The summed E-state index contributed by atoms with van der Waals surface area (Å²) in [4.78, 5) is 11.9. The lowest BCUT2D eigenvalue weighted by Gasteiger charge is -2.11. The van der Waals surface area contributed by atoms with E-state index in [1.807, 2.05) is 0 Å². The van der Waals surface area contributed by atoms with Gasteiger partial charge in [-0.1, -0.05) is 19.1 Å². The highest BCUT2D eigenvalue weighted by molar-refractivity contribution is 5.86. The molecule has 0 aliphatic heterocycles. The monoisotopic (exact) mass is 318 g/mol. The van der Waals surface area contributed by atoms with Crippen LogP contribution in [0.25, 0.3) is 11.0 Å². The number of hydrogen-bond donors (Lipinski definition) is 1. The van der Waals surface area contributed by atoms with Crippen LogP contribution in [0, 0.1) is 0 Å². The number of fused-ring (bicyclic) bond motifs is 1. The maximum absolute atomic E-state index is 11.9. The quantitative estimate of drug-likeness (QED) is 0.474. The maximum Gasteiger partial charge on any atom is 0.383 e. The molecule has 0 saturated carbocycles. The fourth-order valence-electron chi connectivity index (χ4n) is 2.11. The summed E-state index contributed by atoms with van der Waals surface area (Å²) in [7, 11) is 0. The molecule has 1 aromatic heterocycles. The third-order valence-corrected chi connectivity index (χ3v) is 3.12. The SMILES string of the molecule is CCC=CCCOc1ccc2c(O)c(OC(C)C)c(=O)oc2c1. The van der Waals surface area contributed by atoms with Crippen LogP contribution < -0.4 is 15.1 Å². The summed E-state index contributed by atoms with van der Waals surface area (Å²) in [5.41, 5.74) is -0.433. The second-order valence-corrected chi connectivity index (χ2v) is 5.41. The molecule has 0 amide bonds. The Balaban J connectivity index is 2.23. The summed E-state index contributed by atoms with van der Waals surface area (Å²) in [6.07, 6.45) is 5.71. The molecule has 0 fully saturated rings. The van der Waals surface area contributed by atoms with Gasteiger partial charge in [0, 0.05) is 6.07 Å². The highest BCUT2D eigenvalue weighted by Crippen LogP contribution is 2.33. The van der Waals surface area contributed by atoms with Crippen molar-refractivity contribution in [3.63, 3.8) is 0 Å². The predicted molar refractivity (Wildman–Crippen MR) is 89.5 cm³/mol. The second-order valence-electron chi connectivity index (χ2n) is 5.41. The Hall–Kier alpha value is -2.43. The van der Waals surface area contributed by atoms with E-state index in [4.69, 9.17) is 13.9 Å². The zero-order chi connectivity index (χ0) is 16.8. The van der Waals surface area contributed by atoms with Crippen LogP contribution >= 0.6 is 0 Å². The molecule has 0 unspecified atom stereocenters. The number of rotatable bonds is 7. The van der Waals surface area contributed by atoms with Crippen LogP contribution in [-0.2, 0) is 0 Å². The van der Waals surface area contributed by atoms with Gasteiger partial charge in [0.1, 0.15) is 11.3 Å². The lowest BCUT2D eigenvalue weighted by molar-refractivity contribution is 0.221. The molecule has 0 radical (unpaired) electrons. The molecule has 124 valence electrons. The van der Waals surface area contributed by atoms with Crippen LogP contribution in [0.15, 0.2) is 39.6 Å². The largest absolute Gasteiger partial charge is 0.504 e. The van der Waals surface area contributed by atoms with Gasteiger partial charge in [-0.3, -0.25) is 0 Å². The van der Waals surface area contributed by atoms with E-state index in [0.29, 0.717) is 17.7 Å². The topological polar surface area (TPSA) is 68.9 Å². The Morgan fingerprint density at radius 1 is 1.30 bits per heavy atom. The van der Waals surface area contributed by atoms with Crippen molar-refractivity contribution in [1.29, 1.82) is 0 Å². The van der Waals surface area contributed by atoms with Crippen molar-refractivity contribution in [2.24, 2.45) is 0 Å². The molecule has 0 spiro atoms. The van der Waals surface area contributed by atoms with Crippen molar-refractivity contribution < 1.29 is 19.0 Å². The molecule has 0 atom stereocenters. The van der Waals surface area contributed by atoms with Crippen molar-refractivity contribution in [2.75, 3.05) is 6.61 Å². The Morgan fingerprint density at radius 2 is 2.09 bits per heavy atom. The van der Waals surface area contributed by atoms with E-state index in [1.54, 1.807) is 32.0 Å². The van der Waals surface area contributed by atoms with E-state index in [-0.39, 0.29) is 23.2 Å². The first-order valence-corrected chi connectivity index (χ1v) is 7.77. The minimum Gasteiger partial charge on any atom is -0.504 e. The summed E-state index contributed by atoms with van der Waals surface area (Å²) in [5, 5.41) is 10.6. The van der Waals surface area contributed by atoms with Crippen LogP contribution in [0.2, 0.25) is 0 Å². The van der Waals surface area contributed by atoms with Gasteiger partial charge in [-0.05, 0) is 38.8 Å². The van der Waals surface area contributed by atoms with Crippen LogP contribution in [0.5, 0.6) is 17.2 Å². The molecule has 1 aromatic carbocycles. The van der Waals surface area contributed by atoms with E-state index >= 15 is 0 Å². The zero-order valence-corrected chi connectivity index (χ0v) is 13.7. The lowest BCUT2D eigenvalue weighted by atomic mass is 10.2. The smallest absolute Gasteiger partial charge is 0.383 e. The number of allylic oxidation sites excluding steroid dienone is 1. The molecular weight excluding hydrogens is 296 g/mol. The van der Waals surface area contributed by atoms with Crippen molar-refractivity contribution >= 4 is 11.0 Å². The summed E-state index contributed by atoms with van der Waals surface area (Å²) in [5.74, 6) is 0.218. The number of hydrogen-bond acceptors (Lipinski definition) is 5. The highest BCUT2D eigenvalue weighted by atomic mass is 16.5. The van der Waals surface area contributed by atoms with Gasteiger partial charge in [0.15, 0.2) is 5.75 Å². The summed E-state index contributed by atoms with van der Waals surface area (Å²) in [6.45, 7) is 6.15. The van der Waals surface area contributed by atoms with E-state index in [2.05, 4.69) is 19.1 Å². The molecular formula is C18H22O5. The molecule has 5 nitrogen and oxygen atoms in total. The lowest BCUT2D eigenvalue weighted by Crippen LogP contribution is -2.13. The Kier molecular flexibility index (Phi) is 5.68. The molecule has 2 aromatic rings. The Morgan fingerprint density at radius 3 is 2.78 bits per heavy atom. The number of benzene rings is 1. The zero-order valence-electron chi connectivity index (χ0n) is 13.7. The number of aromatic hydroxyl groups is 1. The van der Waals surface area contributed by atoms with Gasteiger partial charge in [-0.2, -0.15) is 0 Å².